The molecule has 4 nitrogen and oxygen atoms in total. The van der Waals surface area contributed by atoms with Gasteiger partial charge in [0.25, 0.3) is 5.91 Å². The van der Waals surface area contributed by atoms with Crippen LogP contribution >= 0.6 is 0 Å². The maximum Gasteiger partial charge on any atom is 0.251 e. The van der Waals surface area contributed by atoms with E-state index in [0.717, 1.165) is 23.2 Å². The van der Waals surface area contributed by atoms with Crippen molar-refractivity contribution in [3.05, 3.63) is 78.1 Å². The molecule has 2 aromatic heterocycles. The minimum Gasteiger partial charge on any atom is -0.341 e. The topological polar surface area (TPSA) is 46.9 Å². The Bertz CT molecular complexity index is 1160. The molecule has 4 heteroatoms. The van der Waals surface area contributed by atoms with Gasteiger partial charge in [-0.25, -0.2) is 0 Å². The second kappa shape index (κ2) is 7.08. The molecule has 4 aromatic rings. The smallest absolute Gasteiger partial charge is 0.251 e. The Balaban J connectivity index is 1.67. The highest BCUT2D eigenvalue weighted by atomic mass is 16.1. The summed E-state index contributed by atoms with van der Waals surface area (Å²) in [6.07, 6.45) is 5.29. The number of hydrogen-bond acceptors (Lipinski definition) is 2. The third kappa shape index (κ3) is 3.22. The van der Waals surface area contributed by atoms with E-state index >= 15 is 0 Å². The summed E-state index contributed by atoms with van der Waals surface area (Å²) in [5.74, 6) is -0.106. The number of pyridine rings is 1. The van der Waals surface area contributed by atoms with Crippen LogP contribution in [0.3, 0.4) is 0 Å². The fourth-order valence-electron chi connectivity index (χ4n) is 3.48. The highest BCUT2D eigenvalue weighted by Gasteiger charge is 2.11. The third-order valence-electron chi connectivity index (χ3n) is 4.79. The fraction of sp³-hybridized carbons (Fsp3) is 0.130. The van der Waals surface area contributed by atoms with E-state index in [1.165, 1.54) is 16.4 Å². The predicted molar refractivity (Wildman–Crippen MR) is 112 cm³/mol. The molecule has 134 valence electrons. The summed E-state index contributed by atoms with van der Waals surface area (Å²) in [5.41, 5.74) is 4.80. The van der Waals surface area contributed by atoms with Crippen LogP contribution in [0.25, 0.3) is 27.9 Å². The summed E-state index contributed by atoms with van der Waals surface area (Å²) in [6, 6.07) is 18.2. The number of amides is 1. The van der Waals surface area contributed by atoms with E-state index in [0.29, 0.717) is 5.57 Å². The first kappa shape index (κ1) is 17.0. The van der Waals surface area contributed by atoms with E-state index in [4.69, 9.17) is 0 Å². The molecule has 1 amide bonds. The lowest BCUT2D eigenvalue weighted by Crippen LogP contribution is -2.12. The van der Waals surface area contributed by atoms with E-state index in [1.807, 2.05) is 31.2 Å². The minimum atomic E-state index is -0.106. The number of anilines is 1. The lowest BCUT2D eigenvalue weighted by atomic mass is 10.1. The molecule has 0 aliphatic heterocycles. The van der Waals surface area contributed by atoms with Gasteiger partial charge in [-0.2, -0.15) is 0 Å². The van der Waals surface area contributed by atoms with Crippen LogP contribution in [-0.2, 0) is 11.3 Å². The summed E-state index contributed by atoms with van der Waals surface area (Å²) in [7, 11) is 0. The molecule has 0 fully saturated rings. The summed E-state index contributed by atoms with van der Waals surface area (Å²) in [6.45, 7) is 4.87. The quantitative estimate of drug-likeness (QED) is 0.508. The monoisotopic (exact) mass is 355 g/mol. The molecule has 27 heavy (non-hydrogen) atoms. The van der Waals surface area contributed by atoms with Crippen LogP contribution in [-0.4, -0.2) is 15.5 Å². The van der Waals surface area contributed by atoms with Crippen LogP contribution in [0.1, 0.15) is 19.4 Å². The molecule has 0 spiro atoms. The SMILES string of the molecule is CCn1c2ccccc2c2cc(NC(=O)C(C)=Cc3ccncc3)ccc21. The van der Waals surface area contributed by atoms with Crippen LogP contribution in [0.2, 0.25) is 0 Å². The van der Waals surface area contributed by atoms with Crippen LogP contribution in [0.15, 0.2) is 72.6 Å². The standard InChI is InChI=1S/C23H21N3O/c1-3-26-21-7-5-4-6-19(21)20-15-18(8-9-22(20)26)25-23(27)16(2)14-17-10-12-24-13-11-17/h4-15H,3H2,1-2H3,(H,25,27). The third-order valence-corrected chi connectivity index (χ3v) is 4.79. The van der Waals surface area contributed by atoms with Gasteiger partial charge in [-0.3, -0.25) is 9.78 Å². The second-order valence-corrected chi connectivity index (χ2v) is 6.56. The van der Waals surface area contributed by atoms with Crippen LogP contribution in [0, 0.1) is 0 Å². The zero-order chi connectivity index (χ0) is 18.8. The van der Waals surface area contributed by atoms with Gasteiger partial charge in [0.2, 0.25) is 0 Å². The number of nitrogens with one attached hydrogen (secondary N) is 1. The van der Waals surface area contributed by atoms with Crippen molar-refractivity contribution in [3.63, 3.8) is 0 Å². The molecule has 0 saturated carbocycles. The first-order valence-electron chi connectivity index (χ1n) is 9.08. The molecular formula is C23H21N3O. The molecule has 0 bridgehead atoms. The van der Waals surface area contributed by atoms with Gasteiger partial charge in [-0.15, -0.1) is 0 Å². The van der Waals surface area contributed by atoms with Crippen molar-refractivity contribution >= 4 is 39.5 Å². The molecule has 1 N–H and O–H groups in total. The van der Waals surface area contributed by atoms with Crippen LogP contribution in [0.5, 0.6) is 0 Å². The van der Waals surface area contributed by atoms with Gasteiger partial charge in [0.1, 0.15) is 0 Å². The fourth-order valence-corrected chi connectivity index (χ4v) is 3.48. The summed E-state index contributed by atoms with van der Waals surface area (Å²) >= 11 is 0. The Kier molecular flexibility index (Phi) is 4.47. The van der Waals surface area contributed by atoms with Crippen molar-refractivity contribution in [2.24, 2.45) is 0 Å². The maximum atomic E-state index is 12.6. The number of carbonyl (C=O) groups is 1. The molecule has 4 rings (SSSR count). The zero-order valence-electron chi connectivity index (χ0n) is 15.4. The van der Waals surface area contributed by atoms with Gasteiger partial charge >= 0.3 is 0 Å². The normalized spacial score (nSPS) is 11.9. The second-order valence-electron chi connectivity index (χ2n) is 6.56. The minimum absolute atomic E-state index is 0.106. The molecule has 0 aliphatic rings. The van der Waals surface area contributed by atoms with Crippen molar-refractivity contribution in [1.29, 1.82) is 0 Å². The molecule has 2 aromatic carbocycles. The Morgan fingerprint density at radius 2 is 1.78 bits per heavy atom. The van der Waals surface area contributed by atoms with E-state index in [9.17, 15) is 4.79 Å². The number of benzene rings is 2. The maximum absolute atomic E-state index is 12.6. The van der Waals surface area contributed by atoms with E-state index < -0.39 is 0 Å². The van der Waals surface area contributed by atoms with Crippen molar-refractivity contribution in [2.75, 3.05) is 5.32 Å². The number of para-hydroxylation sites is 1. The Hall–Kier alpha value is -3.40. The summed E-state index contributed by atoms with van der Waals surface area (Å²) in [4.78, 5) is 16.6. The van der Waals surface area contributed by atoms with Crippen LogP contribution in [0.4, 0.5) is 5.69 Å². The molecule has 0 unspecified atom stereocenters. The van der Waals surface area contributed by atoms with Crippen molar-refractivity contribution in [1.82, 2.24) is 9.55 Å². The first-order valence-corrected chi connectivity index (χ1v) is 9.08. The highest BCUT2D eigenvalue weighted by Crippen LogP contribution is 2.31. The number of aryl methyl sites for hydroxylation is 1. The number of nitrogens with zero attached hydrogens (tertiary/aromatic N) is 2. The number of fused-ring (bicyclic) bond motifs is 3. The van der Waals surface area contributed by atoms with E-state index in [2.05, 4.69) is 58.2 Å². The Morgan fingerprint density at radius 3 is 2.56 bits per heavy atom. The van der Waals surface area contributed by atoms with Gasteiger partial charge in [0.15, 0.2) is 0 Å². The van der Waals surface area contributed by atoms with Crippen LogP contribution < -0.4 is 5.32 Å². The average Bonchev–Trinajstić information content (AvgIpc) is 3.02. The van der Waals surface area contributed by atoms with Gasteiger partial charge in [0.05, 0.1) is 0 Å². The van der Waals surface area contributed by atoms with E-state index in [1.54, 1.807) is 12.4 Å². The summed E-state index contributed by atoms with van der Waals surface area (Å²) in [5, 5.41) is 5.37. The molecule has 0 atom stereocenters. The number of aromatic nitrogens is 2. The van der Waals surface area contributed by atoms with Crippen molar-refractivity contribution in [3.8, 4) is 0 Å². The number of carbonyl (C=O) groups excluding carboxylic acids is 1. The molecule has 0 aliphatic carbocycles. The van der Waals surface area contributed by atoms with Gasteiger partial charge < -0.3 is 9.88 Å². The number of rotatable bonds is 4. The molecule has 2 heterocycles. The summed E-state index contributed by atoms with van der Waals surface area (Å²) < 4.78 is 2.30. The average molecular weight is 355 g/mol. The van der Waals surface area contributed by atoms with Crippen molar-refractivity contribution < 1.29 is 4.79 Å². The molecule has 0 saturated heterocycles. The van der Waals surface area contributed by atoms with Gasteiger partial charge in [-0.05, 0) is 61.9 Å². The molecular weight excluding hydrogens is 334 g/mol. The Labute approximate surface area is 158 Å². The number of hydrogen-bond donors (Lipinski definition) is 1. The Morgan fingerprint density at radius 1 is 1.04 bits per heavy atom. The van der Waals surface area contributed by atoms with Crippen molar-refractivity contribution in [2.45, 2.75) is 20.4 Å². The predicted octanol–water partition coefficient (Wildman–Crippen LogP) is 5.25. The zero-order valence-corrected chi connectivity index (χ0v) is 15.4. The molecule has 0 radical (unpaired) electrons. The van der Waals surface area contributed by atoms with E-state index in [-0.39, 0.29) is 5.91 Å². The van der Waals surface area contributed by atoms with Gasteiger partial charge in [-0.1, -0.05) is 18.2 Å². The lowest BCUT2D eigenvalue weighted by molar-refractivity contribution is -0.112. The largest absolute Gasteiger partial charge is 0.341 e. The highest BCUT2D eigenvalue weighted by molar-refractivity contribution is 6.11. The first-order chi connectivity index (χ1) is 13.2. The lowest BCUT2D eigenvalue weighted by Gasteiger charge is -2.07. The van der Waals surface area contributed by atoms with Gasteiger partial charge in [0, 0.05) is 52.0 Å².